The highest BCUT2D eigenvalue weighted by molar-refractivity contribution is 5.98. The lowest BCUT2D eigenvalue weighted by atomic mass is 10.0. The first kappa shape index (κ1) is 22.5. The van der Waals surface area contributed by atoms with Gasteiger partial charge in [0.15, 0.2) is 0 Å². The summed E-state index contributed by atoms with van der Waals surface area (Å²) >= 11 is 0. The Labute approximate surface area is 174 Å². The molecule has 0 atom stereocenters. The molecule has 2 rings (SSSR count). The van der Waals surface area contributed by atoms with Crippen LogP contribution in [0.3, 0.4) is 0 Å². The Morgan fingerprint density at radius 1 is 0.966 bits per heavy atom. The maximum absolute atomic E-state index is 12.8. The fraction of sp³-hybridized carbons (Fsp3) is 0.417. The highest BCUT2D eigenvalue weighted by Crippen LogP contribution is 2.23. The molecule has 0 saturated carbocycles. The fourth-order valence-electron chi connectivity index (χ4n) is 3.31. The number of carbonyl (C=O) groups is 2. The van der Waals surface area contributed by atoms with Gasteiger partial charge in [-0.2, -0.15) is 0 Å². The smallest absolute Gasteiger partial charge is 0.253 e. The molecular weight excluding hydrogens is 362 g/mol. The van der Waals surface area contributed by atoms with Gasteiger partial charge >= 0.3 is 0 Å². The first-order valence-electron chi connectivity index (χ1n) is 10.5. The van der Waals surface area contributed by atoms with Crippen LogP contribution >= 0.6 is 0 Å². The van der Waals surface area contributed by atoms with Gasteiger partial charge < -0.3 is 15.5 Å². The van der Waals surface area contributed by atoms with E-state index in [9.17, 15) is 9.59 Å². The highest BCUT2D eigenvalue weighted by atomic mass is 16.2. The molecule has 0 bridgehead atoms. The molecule has 2 amide bonds. The van der Waals surface area contributed by atoms with Crippen LogP contribution in [-0.2, 0) is 4.79 Å². The molecule has 0 heterocycles. The van der Waals surface area contributed by atoms with Crippen LogP contribution in [-0.4, -0.2) is 36.3 Å². The summed E-state index contributed by atoms with van der Waals surface area (Å²) in [5, 5.41) is 6.10. The predicted octanol–water partition coefficient (Wildman–Crippen LogP) is 5.12. The van der Waals surface area contributed by atoms with Crippen LogP contribution in [0.5, 0.6) is 0 Å². The number of amides is 2. The van der Waals surface area contributed by atoms with Crippen molar-refractivity contribution in [2.24, 2.45) is 0 Å². The second-order valence-electron chi connectivity index (χ2n) is 7.52. The van der Waals surface area contributed by atoms with Gasteiger partial charge in [-0.25, -0.2) is 0 Å². The summed E-state index contributed by atoms with van der Waals surface area (Å²) in [7, 11) is 0. The molecule has 5 heteroatoms. The maximum Gasteiger partial charge on any atom is 0.253 e. The molecule has 29 heavy (non-hydrogen) atoms. The maximum atomic E-state index is 12.8. The van der Waals surface area contributed by atoms with E-state index in [0.717, 1.165) is 31.6 Å². The summed E-state index contributed by atoms with van der Waals surface area (Å²) in [6.07, 6.45) is 1.84. The third kappa shape index (κ3) is 6.63. The summed E-state index contributed by atoms with van der Waals surface area (Å²) in [4.78, 5) is 27.1. The van der Waals surface area contributed by atoms with E-state index in [-0.39, 0.29) is 18.4 Å². The molecule has 0 aliphatic carbocycles. The van der Waals surface area contributed by atoms with Crippen molar-refractivity contribution in [3.8, 4) is 0 Å². The zero-order valence-electron chi connectivity index (χ0n) is 18.0. The Kier molecular flexibility index (Phi) is 8.71. The number of anilines is 2. The normalized spacial score (nSPS) is 10.7. The van der Waals surface area contributed by atoms with Gasteiger partial charge in [0.05, 0.1) is 6.54 Å². The van der Waals surface area contributed by atoms with Crippen LogP contribution in [0.15, 0.2) is 48.5 Å². The topological polar surface area (TPSA) is 61.4 Å². The van der Waals surface area contributed by atoms with Crippen LogP contribution < -0.4 is 10.6 Å². The number of rotatable bonds is 10. The van der Waals surface area contributed by atoms with E-state index in [2.05, 4.69) is 44.4 Å². The molecule has 0 fully saturated rings. The van der Waals surface area contributed by atoms with E-state index in [0.29, 0.717) is 17.2 Å². The summed E-state index contributed by atoms with van der Waals surface area (Å²) < 4.78 is 0. The summed E-state index contributed by atoms with van der Waals surface area (Å²) in [6, 6.07) is 15.2. The van der Waals surface area contributed by atoms with Gasteiger partial charge in [0.2, 0.25) is 5.91 Å². The van der Waals surface area contributed by atoms with Crippen molar-refractivity contribution in [1.29, 1.82) is 0 Å². The standard InChI is InChI=1S/C24H33N3O2/c1-5-14-27(15-6-2)24(29)19-10-9-11-20(16-19)26-23(28)17-25-22-13-8-7-12-21(22)18(3)4/h7-13,16,18,25H,5-6,14-15,17H2,1-4H3,(H,26,28). The van der Waals surface area contributed by atoms with Crippen LogP contribution in [0.4, 0.5) is 11.4 Å². The van der Waals surface area contributed by atoms with Gasteiger partial charge in [-0.3, -0.25) is 9.59 Å². The van der Waals surface area contributed by atoms with Crippen molar-refractivity contribution < 1.29 is 9.59 Å². The van der Waals surface area contributed by atoms with Crippen molar-refractivity contribution in [2.45, 2.75) is 46.5 Å². The molecule has 0 spiro atoms. The predicted molar refractivity (Wildman–Crippen MR) is 121 cm³/mol. The van der Waals surface area contributed by atoms with Gasteiger partial charge in [-0.05, 0) is 48.6 Å². The Morgan fingerprint density at radius 2 is 1.66 bits per heavy atom. The third-order valence-electron chi connectivity index (χ3n) is 4.69. The number of nitrogens with zero attached hydrogens (tertiary/aromatic N) is 1. The van der Waals surface area contributed by atoms with Gasteiger partial charge in [0, 0.05) is 30.0 Å². The summed E-state index contributed by atoms with van der Waals surface area (Å²) in [5.74, 6) is 0.236. The van der Waals surface area contributed by atoms with Gasteiger partial charge in [-0.15, -0.1) is 0 Å². The molecule has 0 saturated heterocycles. The average molecular weight is 396 g/mol. The first-order chi connectivity index (χ1) is 14.0. The Morgan fingerprint density at radius 3 is 2.31 bits per heavy atom. The lowest BCUT2D eigenvalue weighted by molar-refractivity contribution is -0.114. The molecule has 156 valence electrons. The van der Waals surface area contributed by atoms with Gasteiger partial charge in [0.25, 0.3) is 5.91 Å². The van der Waals surface area contributed by atoms with Crippen molar-refractivity contribution in [3.63, 3.8) is 0 Å². The largest absolute Gasteiger partial charge is 0.376 e. The Bertz CT molecular complexity index is 811. The lowest BCUT2D eigenvalue weighted by Crippen LogP contribution is -2.32. The van der Waals surface area contributed by atoms with E-state index in [1.165, 1.54) is 5.56 Å². The molecule has 2 aromatic carbocycles. The number of para-hydroxylation sites is 1. The second kappa shape index (κ2) is 11.2. The van der Waals surface area contributed by atoms with Crippen LogP contribution in [0.25, 0.3) is 0 Å². The van der Waals surface area contributed by atoms with Crippen molar-refractivity contribution in [3.05, 3.63) is 59.7 Å². The second-order valence-corrected chi connectivity index (χ2v) is 7.52. The van der Waals surface area contributed by atoms with Crippen LogP contribution in [0.1, 0.15) is 62.4 Å². The molecule has 0 unspecified atom stereocenters. The van der Waals surface area contributed by atoms with Crippen LogP contribution in [0, 0.1) is 0 Å². The van der Waals surface area contributed by atoms with E-state index in [1.54, 1.807) is 24.3 Å². The number of hydrogen-bond acceptors (Lipinski definition) is 3. The van der Waals surface area contributed by atoms with E-state index in [1.807, 2.05) is 23.1 Å². The number of benzene rings is 2. The van der Waals surface area contributed by atoms with Crippen molar-refractivity contribution in [2.75, 3.05) is 30.3 Å². The number of carbonyl (C=O) groups excluding carboxylic acids is 2. The minimum atomic E-state index is -0.146. The Balaban J connectivity index is 2.01. The van der Waals surface area contributed by atoms with E-state index in [4.69, 9.17) is 0 Å². The highest BCUT2D eigenvalue weighted by Gasteiger charge is 2.15. The first-order valence-corrected chi connectivity index (χ1v) is 10.5. The molecule has 5 nitrogen and oxygen atoms in total. The number of nitrogens with one attached hydrogen (secondary N) is 2. The minimum absolute atomic E-state index is 0.00813. The quantitative estimate of drug-likeness (QED) is 0.587. The van der Waals surface area contributed by atoms with Gasteiger partial charge in [0.1, 0.15) is 0 Å². The van der Waals surface area contributed by atoms with Gasteiger partial charge in [-0.1, -0.05) is 52.0 Å². The van der Waals surface area contributed by atoms with E-state index < -0.39 is 0 Å². The van der Waals surface area contributed by atoms with Crippen LogP contribution in [0.2, 0.25) is 0 Å². The van der Waals surface area contributed by atoms with Crippen molar-refractivity contribution >= 4 is 23.2 Å². The molecule has 0 aromatic heterocycles. The molecule has 0 aliphatic rings. The molecule has 0 radical (unpaired) electrons. The average Bonchev–Trinajstić information content (AvgIpc) is 2.72. The Hall–Kier alpha value is -2.82. The van der Waals surface area contributed by atoms with E-state index >= 15 is 0 Å². The molecule has 2 N–H and O–H groups in total. The fourth-order valence-corrected chi connectivity index (χ4v) is 3.31. The zero-order valence-corrected chi connectivity index (χ0v) is 18.0. The molecule has 2 aromatic rings. The SMILES string of the molecule is CCCN(CCC)C(=O)c1cccc(NC(=O)CNc2ccccc2C(C)C)c1. The summed E-state index contributed by atoms with van der Waals surface area (Å²) in [6.45, 7) is 10.0. The zero-order chi connectivity index (χ0) is 21.2. The molecule has 0 aliphatic heterocycles. The summed E-state index contributed by atoms with van der Waals surface area (Å²) in [5.41, 5.74) is 3.38. The lowest BCUT2D eigenvalue weighted by Gasteiger charge is -2.21. The monoisotopic (exact) mass is 395 g/mol. The minimum Gasteiger partial charge on any atom is -0.376 e. The molecular formula is C24H33N3O2. The van der Waals surface area contributed by atoms with Crippen molar-refractivity contribution in [1.82, 2.24) is 4.90 Å². The third-order valence-corrected chi connectivity index (χ3v) is 4.69. The number of hydrogen-bond donors (Lipinski definition) is 2.